The van der Waals surface area contributed by atoms with E-state index in [-0.39, 0.29) is 13.0 Å². The Morgan fingerprint density at radius 3 is 2.61 bits per heavy atom. The third-order valence-corrected chi connectivity index (χ3v) is 5.68. The molecule has 0 atom stereocenters. The van der Waals surface area contributed by atoms with E-state index in [4.69, 9.17) is 4.98 Å². The Morgan fingerprint density at radius 2 is 1.86 bits per heavy atom. The molecule has 1 N–H and O–H groups in total. The van der Waals surface area contributed by atoms with Crippen LogP contribution >= 0.6 is 0 Å². The van der Waals surface area contributed by atoms with Crippen LogP contribution in [0.15, 0.2) is 42.6 Å². The Hall–Kier alpha value is -2.76. The fourth-order valence-electron chi connectivity index (χ4n) is 4.27. The van der Waals surface area contributed by atoms with Gasteiger partial charge in [0, 0.05) is 24.9 Å². The Labute approximate surface area is 162 Å². The number of imidazole rings is 1. The molecule has 1 aromatic carbocycles. The lowest BCUT2D eigenvalue weighted by atomic mass is 10.00. The number of pyridine rings is 1. The molecule has 4 nitrogen and oxygen atoms in total. The highest BCUT2D eigenvalue weighted by molar-refractivity contribution is 5.88. The van der Waals surface area contributed by atoms with Crippen LogP contribution in [-0.2, 0) is 12.8 Å². The number of rotatable bonds is 3. The number of aromatic nitrogens is 3. The molecule has 28 heavy (non-hydrogen) atoms. The van der Waals surface area contributed by atoms with Gasteiger partial charge in [-0.05, 0) is 42.9 Å². The first-order chi connectivity index (χ1) is 13.6. The van der Waals surface area contributed by atoms with Crippen LogP contribution in [0.5, 0.6) is 0 Å². The van der Waals surface area contributed by atoms with Crippen LogP contribution in [0.1, 0.15) is 30.7 Å². The zero-order valence-electron chi connectivity index (χ0n) is 15.6. The average molecular weight is 380 g/mol. The minimum absolute atomic E-state index is 0.141. The highest BCUT2D eigenvalue weighted by Gasteiger charge is 2.40. The minimum atomic E-state index is -2.68. The summed E-state index contributed by atoms with van der Waals surface area (Å²) < 4.78 is 27.9. The van der Waals surface area contributed by atoms with E-state index < -0.39 is 5.92 Å². The summed E-state index contributed by atoms with van der Waals surface area (Å²) in [5.74, 6) is -1.35. The Morgan fingerprint density at radius 1 is 1.04 bits per heavy atom. The molecule has 0 unspecified atom stereocenters. The first-order valence-corrected chi connectivity index (χ1v) is 9.86. The number of nitrogens with one attached hydrogen (secondary N) is 1. The van der Waals surface area contributed by atoms with Gasteiger partial charge in [0.05, 0.1) is 17.8 Å². The standard InChI is InChI=1S/C22H22F2N4/c23-22(24)11-13-28(14-22)21-19(20-26-17-8-4-5-9-18(17)27-20)16(10-12-25-21)15-6-2-1-3-7-15/h1-3,6-7,10,12H,4-5,8-9,11,13-14H2,(H,26,27). The lowest BCUT2D eigenvalue weighted by molar-refractivity contribution is 0.0257. The van der Waals surface area contributed by atoms with Crippen molar-refractivity contribution in [1.82, 2.24) is 15.0 Å². The van der Waals surface area contributed by atoms with Crippen molar-refractivity contribution in [2.24, 2.45) is 0 Å². The normalized spacial score (nSPS) is 18.3. The molecule has 2 aliphatic rings. The van der Waals surface area contributed by atoms with E-state index in [1.165, 1.54) is 5.69 Å². The number of halogens is 2. The smallest absolute Gasteiger partial charge is 0.266 e. The van der Waals surface area contributed by atoms with Gasteiger partial charge in [-0.15, -0.1) is 0 Å². The second-order valence-electron chi connectivity index (χ2n) is 7.67. The van der Waals surface area contributed by atoms with E-state index in [9.17, 15) is 8.78 Å². The van der Waals surface area contributed by atoms with Gasteiger partial charge in [0.15, 0.2) is 0 Å². The summed E-state index contributed by atoms with van der Waals surface area (Å²) in [7, 11) is 0. The third-order valence-electron chi connectivity index (χ3n) is 5.68. The van der Waals surface area contributed by atoms with Crippen molar-refractivity contribution in [3.8, 4) is 22.5 Å². The fraction of sp³-hybridized carbons (Fsp3) is 0.364. The predicted molar refractivity (Wildman–Crippen MR) is 106 cm³/mol. The van der Waals surface area contributed by atoms with Gasteiger partial charge in [0.1, 0.15) is 11.6 Å². The maximum absolute atomic E-state index is 13.9. The molecule has 0 spiro atoms. The monoisotopic (exact) mass is 380 g/mol. The van der Waals surface area contributed by atoms with Crippen molar-refractivity contribution in [3.05, 3.63) is 54.0 Å². The topological polar surface area (TPSA) is 44.8 Å². The molecule has 6 heteroatoms. The highest BCUT2D eigenvalue weighted by Crippen LogP contribution is 2.40. The molecule has 3 heterocycles. The van der Waals surface area contributed by atoms with Crippen LogP contribution < -0.4 is 4.90 Å². The number of anilines is 1. The molecule has 0 amide bonds. The number of aryl methyl sites for hydroxylation is 2. The summed E-state index contributed by atoms with van der Waals surface area (Å²) >= 11 is 0. The molecule has 5 rings (SSSR count). The molecule has 1 saturated heterocycles. The Balaban J connectivity index is 1.69. The van der Waals surface area contributed by atoms with Gasteiger partial charge in [-0.25, -0.2) is 18.7 Å². The van der Waals surface area contributed by atoms with Crippen LogP contribution in [0.2, 0.25) is 0 Å². The molecule has 0 bridgehead atoms. The van der Waals surface area contributed by atoms with Crippen molar-refractivity contribution < 1.29 is 8.78 Å². The Kier molecular flexibility index (Phi) is 4.14. The fourth-order valence-corrected chi connectivity index (χ4v) is 4.27. The molecule has 1 aliphatic carbocycles. The molecular weight excluding hydrogens is 358 g/mol. The van der Waals surface area contributed by atoms with E-state index in [0.29, 0.717) is 12.4 Å². The van der Waals surface area contributed by atoms with Gasteiger partial charge in [0.2, 0.25) is 0 Å². The number of H-pyrrole nitrogens is 1. The maximum atomic E-state index is 13.9. The van der Waals surface area contributed by atoms with E-state index in [2.05, 4.69) is 9.97 Å². The van der Waals surface area contributed by atoms with Crippen molar-refractivity contribution in [1.29, 1.82) is 0 Å². The second-order valence-corrected chi connectivity index (χ2v) is 7.67. The number of alkyl halides is 2. The first kappa shape index (κ1) is 17.3. The quantitative estimate of drug-likeness (QED) is 0.706. The van der Waals surface area contributed by atoms with E-state index in [0.717, 1.165) is 53.9 Å². The van der Waals surface area contributed by atoms with Gasteiger partial charge >= 0.3 is 0 Å². The molecule has 1 fully saturated rings. The Bertz CT molecular complexity index is 974. The summed E-state index contributed by atoms with van der Waals surface area (Å²) in [6.45, 7) is -0.00265. The number of hydrogen-bond acceptors (Lipinski definition) is 3. The highest BCUT2D eigenvalue weighted by atomic mass is 19.3. The minimum Gasteiger partial charge on any atom is -0.350 e. The van der Waals surface area contributed by atoms with Gasteiger partial charge in [-0.3, -0.25) is 0 Å². The van der Waals surface area contributed by atoms with Gasteiger partial charge in [-0.2, -0.15) is 0 Å². The van der Waals surface area contributed by atoms with Crippen molar-refractivity contribution in [2.75, 3.05) is 18.0 Å². The van der Waals surface area contributed by atoms with Gasteiger partial charge in [-0.1, -0.05) is 30.3 Å². The molecule has 144 valence electrons. The number of hydrogen-bond donors (Lipinski definition) is 1. The second kappa shape index (κ2) is 6.69. The van der Waals surface area contributed by atoms with E-state index >= 15 is 0 Å². The molecule has 0 radical (unpaired) electrons. The summed E-state index contributed by atoms with van der Waals surface area (Å²) in [5.41, 5.74) is 5.08. The van der Waals surface area contributed by atoms with Crippen molar-refractivity contribution in [3.63, 3.8) is 0 Å². The lowest BCUT2D eigenvalue weighted by Gasteiger charge is -2.21. The number of benzene rings is 1. The summed E-state index contributed by atoms with van der Waals surface area (Å²) in [6, 6.07) is 11.9. The first-order valence-electron chi connectivity index (χ1n) is 9.86. The van der Waals surface area contributed by atoms with Gasteiger partial charge in [0.25, 0.3) is 5.92 Å². The molecule has 1 aliphatic heterocycles. The third kappa shape index (κ3) is 3.07. The predicted octanol–water partition coefficient (Wildman–Crippen LogP) is 4.86. The van der Waals surface area contributed by atoms with Crippen LogP contribution in [-0.4, -0.2) is 34.0 Å². The molecule has 0 saturated carbocycles. The molecule has 3 aromatic rings. The zero-order chi connectivity index (χ0) is 19.1. The maximum Gasteiger partial charge on any atom is 0.266 e. The van der Waals surface area contributed by atoms with Crippen LogP contribution in [0.25, 0.3) is 22.5 Å². The average Bonchev–Trinajstić information content (AvgIpc) is 3.30. The van der Waals surface area contributed by atoms with Crippen LogP contribution in [0, 0.1) is 0 Å². The molecular formula is C22H22F2N4. The van der Waals surface area contributed by atoms with Gasteiger partial charge < -0.3 is 9.88 Å². The van der Waals surface area contributed by atoms with Crippen LogP contribution in [0.4, 0.5) is 14.6 Å². The number of nitrogens with zero attached hydrogens (tertiary/aromatic N) is 3. The van der Waals surface area contributed by atoms with E-state index in [1.807, 2.05) is 36.4 Å². The summed E-state index contributed by atoms with van der Waals surface area (Å²) in [6.07, 6.45) is 5.81. The zero-order valence-corrected chi connectivity index (χ0v) is 15.6. The number of fused-ring (bicyclic) bond motifs is 1. The lowest BCUT2D eigenvalue weighted by Crippen LogP contribution is -2.26. The largest absolute Gasteiger partial charge is 0.350 e. The van der Waals surface area contributed by atoms with Crippen LogP contribution in [0.3, 0.4) is 0 Å². The van der Waals surface area contributed by atoms with Crippen molar-refractivity contribution >= 4 is 5.82 Å². The summed E-state index contributed by atoms with van der Waals surface area (Å²) in [5, 5.41) is 0. The number of aromatic amines is 1. The molecule has 2 aromatic heterocycles. The summed E-state index contributed by atoms with van der Waals surface area (Å²) in [4.78, 5) is 14.6. The van der Waals surface area contributed by atoms with E-state index in [1.54, 1.807) is 11.1 Å². The SMILES string of the molecule is FC1(F)CCN(c2nccc(-c3ccccc3)c2-c2nc3c([nH]2)CCCC3)C1. The van der Waals surface area contributed by atoms with Crippen molar-refractivity contribution in [2.45, 2.75) is 38.0 Å².